The Morgan fingerprint density at radius 2 is 1.83 bits per heavy atom. The van der Waals surface area contributed by atoms with E-state index in [0.717, 1.165) is 17.9 Å². The second-order valence-electron chi connectivity index (χ2n) is 7.91. The number of nitrogens with one attached hydrogen (secondary N) is 1. The summed E-state index contributed by atoms with van der Waals surface area (Å²) in [6, 6.07) is 7.78. The summed E-state index contributed by atoms with van der Waals surface area (Å²) in [5.41, 5.74) is 0.988. The molecule has 1 N–H and O–H groups in total. The number of sulfonamides is 1. The lowest BCUT2D eigenvalue weighted by Gasteiger charge is -2.36. The molecule has 0 spiro atoms. The van der Waals surface area contributed by atoms with Crippen LogP contribution in [0.3, 0.4) is 0 Å². The van der Waals surface area contributed by atoms with Crippen LogP contribution in [-0.2, 0) is 14.8 Å². The maximum absolute atomic E-state index is 12.6. The summed E-state index contributed by atoms with van der Waals surface area (Å²) in [5.74, 6) is 1.39. The number of piperazine rings is 1. The third kappa shape index (κ3) is 6.09. The Morgan fingerprint density at radius 1 is 1.14 bits per heavy atom. The van der Waals surface area contributed by atoms with Crippen LogP contribution < -0.4 is 15.0 Å². The van der Waals surface area contributed by atoms with Crippen molar-refractivity contribution in [1.29, 1.82) is 0 Å². The molecular weight excluding hydrogens is 390 g/mol. The number of carbonyl (C=O) groups is 1. The van der Waals surface area contributed by atoms with E-state index >= 15 is 0 Å². The van der Waals surface area contributed by atoms with E-state index in [2.05, 4.69) is 10.2 Å². The number of hydrogen-bond donors (Lipinski definition) is 1. The van der Waals surface area contributed by atoms with Gasteiger partial charge in [0.2, 0.25) is 15.9 Å². The van der Waals surface area contributed by atoms with Crippen LogP contribution in [0.5, 0.6) is 5.75 Å². The van der Waals surface area contributed by atoms with Crippen molar-refractivity contribution < 1.29 is 17.9 Å². The number of benzene rings is 1. The standard InChI is InChI=1S/C21H33N3O4S/c1-28-20-9-5-4-8-19(20)23-13-15-24(16-14-23)29(26,27)17-12-22-21(25)11-10-18-6-2-3-7-18/h4-5,8-9,18H,2-3,6-7,10-17H2,1H3,(H,22,25). The average molecular weight is 424 g/mol. The van der Waals surface area contributed by atoms with Gasteiger partial charge in [-0.15, -0.1) is 0 Å². The van der Waals surface area contributed by atoms with E-state index in [0.29, 0.717) is 38.5 Å². The second kappa shape index (κ2) is 10.3. The third-order valence-corrected chi connectivity index (χ3v) is 7.87. The van der Waals surface area contributed by atoms with Gasteiger partial charge in [-0.2, -0.15) is 4.31 Å². The van der Waals surface area contributed by atoms with Gasteiger partial charge < -0.3 is 15.0 Å². The summed E-state index contributed by atoms with van der Waals surface area (Å²) < 4.78 is 32.2. The lowest BCUT2D eigenvalue weighted by Crippen LogP contribution is -2.50. The second-order valence-corrected chi connectivity index (χ2v) is 10.0. The number of para-hydroxylation sites is 2. The van der Waals surface area contributed by atoms with Crippen molar-refractivity contribution in [2.45, 2.75) is 38.5 Å². The number of carbonyl (C=O) groups excluding carboxylic acids is 1. The molecule has 1 heterocycles. The first-order valence-electron chi connectivity index (χ1n) is 10.6. The van der Waals surface area contributed by atoms with Crippen LogP contribution in [0.15, 0.2) is 24.3 Å². The van der Waals surface area contributed by atoms with Gasteiger partial charge in [0, 0.05) is 39.1 Å². The van der Waals surface area contributed by atoms with Crippen molar-refractivity contribution in [3.63, 3.8) is 0 Å². The molecule has 1 saturated heterocycles. The Balaban J connectivity index is 1.40. The predicted molar refractivity (Wildman–Crippen MR) is 115 cm³/mol. The van der Waals surface area contributed by atoms with Crippen LogP contribution in [0, 0.1) is 5.92 Å². The van der Waals surface area contributed by atoms with Crippen molar-refractivity contribution >= 4 is 21.6 Å². The minimum absolute atomic E-state index is 0.0342. The number of nitrogens with zero attached hydrogens (tertiary/aromatic N) is 2. The molecule has 3 rings (SSSR count). The van der Waals surface area contributed by atoms with E-state index in [9.17, 15) is 13.2 Å². The van der Waals surface area contributed by atoms with Crippen molar-refractivity contribution in [1.82, 2.24) is 9.62 Å². The van der Waals surface area contributed by atoms with Gasteiger partial charge in [0.05, 0.1) is 18.6 Å². The van der Waals surface area contributed by atoms with Crippen molar-refractivity contribution in [3.05, 3.63) is 24.3 Å². The van der Waals surface area contributed by atoms with E-state index in [1.807, 2.05) is 24.3 Å². The number of hydrogen-bond acceptors (Lipinski definition) is 5. The van der Waals surface area contributed by atoms with Gasteiger partial charge >= 0.3 is 0 Å². The fourth-order valence-corrected chi connectivity index (χ4v) is 5.61. The fourth-order valence-electron chi connectivity index (χ4n) is 4.27. The summed E-state index contributed by atoms with van der Waals surface area (Å²) in [5, 5.41) is 2.78. The minimum atomic E-state index is -3.37. The summed E-state index contributed by atoms with van der Waals surface area (Å²) >= 11 is 0. The molecule has 29 heavy (non-hydrogen) atoms. The van der Waals surface area contributed by atoms with E-state index in [-0.39, 0.29) is 18.2 Å². The lowest BCUT2D eigenvalue weighted by molar-refractivity contribution is -0.121. The van der Waals surface area contributed by atoms with Crippen molar-refractivity contribution in [2.24, 2.45) is 5.92 Å². The molecular formula is C21H33N3O4S. The number of anilines is 1. The number of amides is 1. The molecule has 1 aliphatic carbocycles. The molecule has 0 radical (unpaired) electrons. The molecule has 1 aromatic carbocycles. The Morgan fingerprint density at radius 3 is 2.52 bits per heavy atom. The van der Waals surface area contributed by atoms with Gasteiger partial charge in [0.25, 0.3) is 0 Å². The molecule has 1 saturated carbocycles. The summed E-state index contributed by atoms with van der Waals surface area (Å²) in [7, 11) is -1.73. The highest BCUT2D eigenvalue weighted by Crippen LogP contribution is 2.29. The zero-order valence-electron chi connectivity index (χ0n) is 17.3. The van der Waals surface area contributed by atoms with E-state index in [1.165, 1.54) is 30.0 Å². The smallest absolute Gasteiger partial charge is 0.220 e. The Kier molecular flexibility index (Phi) is 7.77. The van der Waals surface area contributed by atoms with Crippen LogP contribution >= 0.6 is 0 Å². The zero-order valence-corrected chi connectivity index (χ0v) is 18.1. The maximum Gasteiger partial charge on any atom is 0.220 e. The van der Waals surface area contributed by atoms with Gasteiger partial charge in [-0.3, -0.25) is 4.79 Å². The zero-order chi connectivity index (χ0) is 20.7. The summed E-state index contributed by atoms with van der Waals surface area (Å²) in [6.45, 7) is 2.30. The summed E-state index contributed by atoms with van der Waals surface area (Å²) in [4.78, 5) is 14.1. The van der Waals surface area contributed by atoms with Crippen LogP contribution in [0.1, 0.15) is 38.5 Å². The number of methoxy groups -OCH3 is 1. The van der Waals surface area contributed by atoms with Crippen LogP contribution in [0.25, 0.3) is 0 Å². The molecule has 2 fully saturated rings. The minimum Gasteiger partial charge on any atom is -0.495 e. The SMILES string of the molecule is COc1ccccc1N1CCN(S(=O)(=O)CCNC(=O)CCC2CCCC2)CC1. The first kappa shape index (κ1) is 21.9. The molecule has 0 aromatic heterocycles. The van der Waals surface area contributed by atoms with Gasteiger partial charge in [0.1, 0.15) is 5.75 Å². The largest absolute Gasteiger partial charge is 0.495 e. The Hall–Kier alpha value is -1.80. The number of ether oxygens (including phenoxy) is 1. The van der Waals surface area contributed by atoms with Gasteiger partial charge in [-0.1, -0.05) is 37.8 Å². The molecule has 0 atom stereocenters. The van der Waals surface area contributed by atoms with Crippen LogP contribution in [0.4, 0.5) is 5.69 Å². The first-order valence-corrected chi connectivity index (χ1v) is 12.2. The van der Waals surface area contributed by atoms with E-state index < -0.39 is 10.0 Å². The van der Waals surface area contributed by atoms with Gasteiger partial charge in [-0.25, -0.2) is 8.42 Å². The average Bonchev–Trinajstić information content (AvgIpc) is 3.26. The van der Waals surface area contributed by atoms with Crippen molar-refractivity contribution in [2.75, 3.05) is 50.5 Å². The molecule has 8 heteroatoms. The third-order valence-electron chi connectivity index (χ3n) is 5.99. The van der Waals surface area contributed by atoms with Crippen LogP contribution in [0.2, 0.25) is 0 Å². The highest BCUT2D eigenvalue weighted by molar-refractivity contribution is 7.89. The van der Waals surface area contributed by atoms with Gasteiger partial charge in [0.15, 0.2) is 0 Å². The quantitative estimate of drug-likeness (QED) is 0.659. The first-order chi connectivity index (χ1) is 14.0. The molecule has 7 nitrogen and oxygen atoms in total. The van der Waals surface area contributed by atoms with Crippen LogP contribution in [-0.4, -0.2) is 64.2 Å². The highest BCUT2D eigenvalue weighted by atomic mass is 32.2. The van der Waals surface area contributed by atoms with E-state index in [4.69, 9.17) is 4.74 Å². The molecule has 1 aromatic rings. The highest BCUT2D eigenvalue weighted by Gasteiger charge is 2.27. The summed E-state index contributed by atoms with van der Waals surface area (Å²) in [6.07, 6.45) is 6.42. The molecule has 2 aliphatic rings. The van der Waals surface area contributed by atoms with Crippen molar-refractivity contribution in [3.8, 4) is 5.75 Å². The fraction of sp³-hybridized carbons (Fsp3) is 0.667. The predicted octanol–water partition coefficient (Wildman–Crippen LogP) is 2.23. The molecule has 0 unspecified atom stereocenters. The monoisotopic (exact) mass is 423 g/mol. The molecule has 1 aliphatic heterocycles. The topological polar surface area (TPSA) is 79.0 Å². The number of rotatable bonds is 9. The molecule has 0 bridgehead atoms. The molecule has 1 amide bonds. The molecule has 162 valence electrons. The Bertz CT molecular complexity index is 770. The normalized spacial score (nSPS) is 18.7. The lowest BCUT2D eigenvalue weighted by atomic mass is 10.0. The van der Waals surface area contributed by atoms with Gasteiger partial charge in [-0.05, 0) is 24.5 Å². The van der Waals surface area contributed by atoms with E-state index in [1.54, 1.807) is 7.11 Å². The Labute approximate surface area is 174 Å². The maximum atomic E-state index is 12.6.